The molecular weight excluding hydrogens is 326 g/mol. The lowest BCUT2D eigenvalue weighted by Gasteiger charge is -2.10. The molecule has 3 N–H and O–H groups in total. The summed E-state index contributed by atoms with van der Waals surface area (Å²) in [6.07, 6.45) is 5.84. The third-order valence-corrected chi connectivity index (χ3v) is 3.14. The van der Waals surface area contributed by atoms with Crippen molar-refractivity contribution >= 4 is 24.1 Å². The van der Waals surface area contributed by atoms with E-state index in [1.165, 1.54) is 19.5 Å². The number of allylic oxidation sites excluding steroid dienone is 1. The number of nitrogens with zero attached hydrogens (tertiary/aromatic N) is 3. The van der Waals surface area contributed by atoms with Crippen molar-refractivity contribution in [1.29, 1.82) is 0 Å². The highest BCUT2D eigenvalue weighted by Crippen LogP contribution is 2.22. The third-order valence-electron chi connectivity index (χ3n) is 3.14. The summed E-state index contributed by atoms with van der Waals surface area (Å²) >= 11 is 0. The topological polar surface area (TPSA) is 137 Å². The Morgan fingerprint density at radius 3 is 2.76 bits per heavy atom. The van der Waals surface area contributed by atoms with Gasteiger partial charge in [-0.2, -0.15) is 0 Å². The van der Waals surface area contributed by atoms with Crippen molar-refractivity contribution in [2.24, 2.45) is 5.73 Å². The van der Waals surface area contributed by atoms with E-state index in [9.17, 15) is 14.4 Å². The highest BCUT2D eigenvalue weighted by atomic mass is 16.5. The molecule has 1 amide bonds. The quantitative estimate of drug-likeness (QED) is 0.436. The smallest absolute Gasteiger partial charge is 0.341 e. The molecule has 2 aromatic rings. The van der Waals surface area contributed by atoms with Gasteiger partial charge in [0.2, 0.25) is 5.95 Å². The van der Waals surface area contributed by atoms with Gasteiger partial charge in [-0.15, -0.1) is 0 Å². The normalized spacial score (nSPS) is 10.9. The SMILES string of the molecule is COC(=O)c1cnc(NC(=O)/C(=C\C=O)CN)nc1-c1cccnc1. The minimum atomic E-state index is -0.625. The molecule has 0 saturated heterocycles. The maximum atomic E-state index is 12.1. The van der Waals surface area contributed by atoms with Gasteiger partial charge in [-0.3, -0.25) is 19.9 Å². The summed E-state index contributed by atoms with van der Waals surface area (Å²) in [5.41, 5.74) is 6.40. The third kappa shape index (κ3) is 4.30. The molecule has 0 aromatic carbocycles. The molecule has 0 aliphatic rings. The van der Waals surface area contributed by atoms with Crippen molar-refractivity contribution in [3.8, 4) is 11.3 Å². The Bertz CT molecular complexity index is 821. The molecular formula is C16H15N5O4. The Morgan fingerprint density at radius 2 is 2.16 bits per heavy atom. The maximum Gasteiger partial charge on any atom is 0.341 e. The number of carbonyl (C=O) groups is 3. The van der Waals surface area contributed by atoms with Gasteiger partial charge in [-0.05, 0) is 18.2 Å². The van der Waals surface area contributed by atoms with Crippen LogP contribution in [-0.2, 0) is 14.3 Å². The predicted molar refractivity (Wildman–Crippen MR) is 88.4 cm³/mol. The molecule has 0 spiro atoms. The monoisotopic (exact) mass is 341 g/mol. The lowest BCUT2D eigenvalue weighted by Crippen LogP contribution is -2.22. The number of ether oxygens (including phenoxy) is 1. The van der Waals surface area contributed by atoms with Crippen LogP contribution in [0.5, 0.6) is 0 Å². The number of esters is 1. The summed E-state index contributed by atoms with van der Waals surface area (Å²) in [4.78, 5) is 46.6. The Labute approximate surface area is 143 Å². The van der Waals surface area contributed by atoms with Gasteiger partial charge in [0.05, 0.1) is 12.8 Å². The number of carbonyl (C=O) groups excluding carboxylic acids is 3. The van der Waals surface area contributed by atoms with Crippen LogP contribution in [0.2, 0.25) is 0 Å². The van der Waals surface area contributed by atoms with Gasteiger partial charge in [0.1, 0.15) is 11.8 Å². The molecule has 9 nitrogen and oxygen atoms in total. The molecule has 0 saturated carbocycles. The highest BCUT2D eigenvalue weighted by molar-refractivity contribution is 6.05. The van der Waals surface area contributed by atoms with Crippen molar-refractivity contribution in [3.05, 3.63) is 47.9 Å². The Balaban J connectivity index is 2.42. The molecule has 0 unspecified atom stereocenters. The van der Waals surface area contributed by atoms with E-state index in [0.29, 0.717) is 11.8 Å². The predicted octanol–water partition coefficient (Wildman–Crippen LogP) is 0.348. The molecule has 0 atom stereocenters. The number of nitrogens with one attached hydrogen (secondary N) is 1. The Kier molecular flexibility index (Phi) is 6.02. The summed E-state index contributed by atoms with van der Waals surface area (Å²) in [7, 11) is 1.24. The van der Waals surface area contributed by atoms with Crippen LogP contribution < -0.4 is 11.1 Å². The van der Waals surface area contributed by atoms with Gasteiger partial charge in [0.15, 0.2) is 0 Å². The summed E-state index contributed by atoms with van der Waals surface area (Å²) in [5, 5.41) is 2.43. The van der Waals surface area contributed by atoms with Crippen LogP contribution in [0.3, 0.4) is 0 Å². The second-order valence-corrected chi connectivity index (χ2v) is 4.68. The van der Waals surface area contributed by atoms with Crippen LogP contribution >= 0.6 is 0 Å². The number of rotatable bonds is 6. The van der Waals surface area contributed by atoms with Gasteiger partial charge < -0.3 is 10.5 Å². The molecule has 25 heavy (non-hydrogen) atoms. The van der Waals surface area contributed by atoms with Crippen molar-refractivity contribution in [3.63, 3.8) is 0 Å². The zero-order valence-electron chi connectivity index (χ0n) is 13.3. The van der Waals surface area contributed by atoms with E-state index in [-0.39, 0.29) is 29.3 Å². The number of pyridine rings is 1. The molecule has 2 rings (SSSR count). The molecule has 0 bridgehead atoms. The summed E-state index contributed by atoms with van der Waals surface area (Å²) in [6.45, 7) is -0.125. The average molecular weight is 341 g/mol. The number of methoxy groups -OCH3 is 1. The molecule has 2 aromatic heterocycles. The fourth-order valence-electron chi connectivity index (χ4n) is 1.92. The van der Waals surface area contributed by atoms with Crippen LogP contribution in [0.25, 0.3) is 11.3 Å². The van der Waals surface area contributed by atoms with E-state index >= 15 is 0 Å². The highest BCUT2D eigenvalue weighted by Gasteiger charge is 2.18. The number of hydrogen-bond donors (Lipinski definition) is 2. The number of aromatic nitrogens is 3. The fourth-order valence-corrected chi connectivity index (χ4v) is 1.92. The molecule has 9 heteroatoms. The average Bonchev–Trinajstić information content (AvgIpc) is 2.66. The second kappa shape index (κ2) is 8.41. The van der Waals surface area contributed by atoms with E-state index in [1.807, 2.05) is 0 Å². The summed E-state index contributed by atoms with van der Waals surface area (Å²) in [6, 6.07) is 3.38. The van der Waals surface area contributed by atoms with Crippen molar-refractivity contribution in [2.45, 2.75) is 0 Å². The van der Waals surface area contributed by atoms with E-state index < -0.39 is 11.9 Å². The molecule has 0 aliphatic carbocycles. The number of amides is 1. The number of aldehydes is 1. The molecule has 0 aliphatic heterocycles. The zero-order valence-corrected chi connectivity index (χ0v) is 13.3. The van der Waals surface area contributed by atoms with Crippen LogP contribution in [0, 0.1) is 0 Å². The van der Waals surface area contributed by atoms with Gasteiger partial charge in [-0.25, -0.2) is 14.8 Å². The van der Waals surface area contributed by atoms with Crippen LogP contribution in [0.4, 0.5) is 5.95 Å². The van der Waals surface area contributed by atoms with Gasteiger partial charge in [-0.1, -0.05) is 0 Å². The Hall–Kier alpha value is -3.46. The maximum absolute atomic E-state index is 12.1. The molecule has 2 heterocycles. The van der Waals surface area contributed by atoms with E-state index in [2.05, 4.69) is 20.3 Å². The standard InChI is InChI=1S/C16H15N5O4/c1-25-15(24)12-9-19-16(21-14(23)10(7-17)4-6-22)20-13(12)11-3-2-5-18-8-11/h2-6,8-9H,7,17H2,1H3,(H,19,20,21,23)/b10-4-. The van der Waals surface area contributed by atoms with E-state index in [1.54, 1.807) is 18.3 Å². The summed E-state index contributed by atoms with van der Waals surface area (Å²) in [5.74, 6) is -1.29. The van der Waals surface area contributed by atoms with Gasteiger partial charge in [0.25, 0.3) is 5.91 Å². The first-order valence-electron chi connectivity index (χ1n) is 7.12. The zero-order chi connectivity index (χ0) is 18.2. The van der Waals surface area contributed by atoms with Crippen LogP contribution in [0.15, 0.2) is 42.4 Å². The van der Waals surface area contributed by atoms with Crippen LogP contribution in [0.1, 0.15) is 10.4 Å². The largest absolute Gasteiger partial charge is 0.465 e. The van der Waals surface area contributed by atoms with E-state index in [0.717, 1.165) is 6.08 Å². The summed E-state index contributed by atoms with van der Waals surface area (Å²) < 4.78 is 4.72. The van der Waals surface area contributed by atoms with Gasteiger partial charge in [0, 0.05) is 36.3 Å². The Morgan fingerprint density at radius 1 is 1.36 bits per heavy atom. The van der Waals surface area contributed by atoms with Crippen molar-refractivity contribution < 1.29 is 19.1 Å². The lowest BCUT2D eigenvalue weighted by atomic mass is 10.1. The lowest BCUT2D eigenvalue weighted by molar-refractivity contribution is -0.113. The second-order valence-electron chi connectivity index (χ2n) is 4.68. The molecule has 0 fully saturated rings. The van der Waals surface area contributed by atoms with Crippen molar-refractivity contribution in [2.75, 3.05) is 19.0 Å². The van der Waals surface area contributed by atoms with Crippen LogP contribution in [-0.4, -0.2) is 46.8 Å². The molecule has 128 valence electrons. The minimum Gasteiger partial charge on any atom is -0.465 e. The molecule has 0 radical (unpaired) electrons. The number of hydrogen-bond acceptors (Lipinski definition) is 8. The van der Waals surface area contributed by atoms with Gasteiger partial charge >= 0.3 is 5.97 Å². The van der Waals surface area contributed by atoms with Crippen molar-refractivity contribution in [1.82, 2.24) is 15.0 Å². The number of anilines is 1. The first kappa shape index (κ1) is 17.9. The first-order valence-corrected chi connectivity index (χ1v) is 7.12. The number of nitrogens with two attached hydrogens (primary N) is 1. The minimum absolute atomic E-state index is 0.0539. The fraction of sp³-hybridized carbons (Fsp3) is 0.125. The first-order chi connectivity index (χ1) is 12.1. The van der Waals surface area contributed by atoms with E-state index in [4.69, 9.17) is 10.5 Å².